The van der Waals surface area contributed by atoms with Crippen LogP contribution in [-0.4, -0.2) is 60.5 Å². The number of hydrogen-bond donors (Lipinski definition) is 1. The molecular weight excluding hydrogens is 428 g/mol. The van der Waals surface area contributed by atoms with Crippen LogP contribution in [0.3, 0.4) is 0 Å². The van der Waals surface area contributed by atoms with Gasteiger partial charge in [-0.25, -0.2) is 4.98 Å². The lowest BCUT2D eigenvalue weighted by atomic mass is 10.1. The zero-order valence-corrected chi connectivity index (χ0v) is 18.9. The topological polar surface area (TPSA) is 74.8 Å². The largest absolute Gasteiger partial charge is 0.490 e. The van der Waals surface area contributed by atoms with Gasteiger partial charge in [-0.1, -0.05) is 29.8 Å². The summed E-state index contributed by atoms with van der Waals surface area (Å²) in [5.41, 5.74) is 0.443. The first-order chi connectivity index (χ1) is 15.6. The average molecular weight is 457 g/mol. The predicted molar refractivity (Wildman–Crippen MR) is 124 cm³/mol. The first-order valence-electron chi connectivity index (χ1n) is 11.3. The van der Waals surface area contributed by atoms with Crippen LogP contribution in [0.15, 0.2) is 42.6 Å². The van der Waals surface area contributed by atoms with Crippen LogP contribution in [0.25, 0.3) is 0 Å². The van der Waals surface area contributed by atoms with Crippen molar-refractivity contribution in [2.75, 3.05) is 37.6 Å². The van der Waals surface area contributed by atoms with E-state index in [0.717, 1.165) is 51.1 Å². The van der Waals surface area contributed by atoms with Crippen molar-refractivity contribution in [3.8, 4) is 5.75 Å². The summed E-state index contributed by atoms with van der Waals surface area (Å²) in [5, 5.41) is 3.36. The predicted octanol–water partition coefficient (Wildman–Crippen LogP) is 3.53. The Bertz CT molecular complexity index is 932. The number of benzene rings is 1. The highest BCUT2D eigenvalue weighted by molar-refractivity contribution is 6.33. The Kier molecular flexibility index (Phi) is 7.47. The molecule has 8 heteroatoms. The van der Waals surface area contributed by atoms with Gasteiger partial charge in [0.1, 0.15) is 17.7 Å². The van der Waals surface area contributed by atoms with Gasteiger partial charge in [0, 0.05) is 58.2 Å². The number of carbonyl (C=O) groups is 2. The minimum Gasteiger partial charge on any atom is -0.490 e. The normalized spacial score (nSPS) is 17.0. The minimum atomic E-state index is -0.200. The zero-order valence-electron chi connectivity index (χ0n) is 18.1. The maximum Gasteiger partial charge on any atom is 0.252 e. The van der Waals surface area contributed by atoms with Crippen LogP contribution < -0.4 is 15.0 Å². The fourth-order valence-electron chi connectivity index (χ4n) is 4.18. The maximum absolute atomic E-state index is 12.4. The van der Waals surface area contributed by atoms with Crippen molar-refractivity contribution in [1.29, 1.82) is 0 Å². The van der Waals surface area contributed by atoms with Crippen molar-refractivity contribution in [3.63, 3.8) is 0 Å². The highest BCUT2D eigenvalue weighted by Gasteiger charge is 2.24. The minimum absolute atomic E-state index is 0.174. The molecule has 0 atom stereocenters. The smallest absolute Gasteiger partial charge is 0.252 e. The summed E-state index contributed by atoms with van der Waals surface area (Å²) in [6.45, 7) is 3.61. The van der Waals surface area contributed by atoms with Crippen molar-refractivity contribution < 1.29 is 14.3 Å². The Morgan fingerprint density at radius 3 is 2.66 bits per heavy atom. The lowest BCUT2D eigenvalue weighted by Crippen LogP contribution is -2.39. The van der Waals surface area contributed by atoms with Gasteiger partial charge in [0.05, 0.1) is 10.6 Å². The molecule has 0 aliphatic carbocycles. The molecule has 2 aliphatic heterocycles. The molecule has 0 bridgehead atoms. The summed E-state index contributed by atoms with van der Waals surface area (Å²) in [6.07, 6.45) is 5.82. The second-order valence-electron chi connectivity index (χ2n) is 8.24. The lowest BCUT2D eigenvalue weighted by molar-refractivity contribution is -0.127. The molecule has 3 heterocycles. The molecular formula is C24H29ClN4O3. The molecule has 2 aliphatic rings. The van der Waals surface area contributed by atoms with Crippen LogP contribution in [0.5, 0.6) is 5.75 Å². The van der Waals surface area contributed by atoms with Gasteiger partial charge in [-0.05, 0) is 31.0 Å². The fraction of sp³-hybridized carbons (Fsp3) is 0.458. The van der Waals surface area contributed by atoms with E-state index in [-0.39, 0.29) is 17.9 Å². The third-order valence-corrected chi connectivity index (χ3v) is 6.21. The summed E-state index contributed by atoms with van der Waals surface area (Å²) in [6, 6.07) is 11.5. The van der Waals surface area contributed by atoms with Crippen LogP contribution in [0.1, 0.15) is 42.5 Å². The first kappa shape index (κ1) is 22.4. The third-order valence-electron chi connectivity index (χ3n) is 5.93. The van der Waals surface area contributed by atoms with Crippen LogP contribution in [0, 0.1) is 0 Å². The van der Waals surface area contributed by atoms with E-state index >= 15 is 0 Å². The second-order valence-corrected chi connectivity index (χ2v) is 8.65. The van der Waals surface area contributed by atoms with E-state index in [0.29, 0.717) is 35.9 Å². The van der Waals surface area contributed by atoms with E-state index in [9.17, 15) is 9.59 Å². The molecule has 4 rings (SSSR count). The summed E-state index contributed by atoms with van der Waals surface area (Å²) in [4.78, 5) is 32.5. The Hall–Kier alpha value is -2.80. The van der Waals surface area contributed by atoms with Gasteiger partial charge in [0.25, 0.3) is 5.91 Å². The highest BCUT2D eigenvalue weighted by Crippen LogP contribution is 2.28. The Morgan fingerprint density at radius 1 is 1.19 bits per heavy atom. The molecule has 1 aromatic carbocycles. The number of para-hydroxylation sites is 1. The number of rotatable bonds is 8. The van der Waals surface area contributed by atoms with E-state index in [1.54, 1.807) is 12.3 Å². The monoisotopic (exact) mass is 456 g/mol. The molecule has 0 unspecified atom stereocenters. The maximum atomic E-state index is 12.4. The van der Waals surface area contributed by atoms with E-state index < -0.39 is 0 Å². The van der Waals surface area contributed by atoms with E-state index in [4.69, 9.17) is 16.3 Å². The summed E-state index contributed by atoms with van der Waals surface area (Å²) < 4.78 is 6.05. The molecule has 2 amide bonds. The van der Waals surface area contributed by atoms with Crippen molar-refractivity contribution in [2.24, 2.45) is 0 Å². The summed E-state index contributed by atoms with van der Waals surface area (Å²) in [5.74, 6) is 1.60. The molecule has 2 aromatic rings. The number of halogens is 1. The standard InChI is InChI=1S/C24H29ClN4O3/c25-21-16-18(24(31)26-11-5-13-28-12-4-8-22(28)30)17-27-23(21)29-14-9-20(10-15-29)32-19-6-2-1-3-7-19/h1-3,6-7,16-17,20H,4-5,8-15H2,(H,26,31). The number of likely N-dealkylation sites (tertiary alicyclic amines) is 1. The number of anilines is 1. The van der Waals surface area contributed by atoms with E-state index in [1.165, 1.54) is 0 Å². The van der Waals surface area contributed by atoms with Crippen molar-refractivity contribution >= 4 is 29.2 Å². The number of piperidine rings is 1. The second kappa shape index (κ2) is 10.7. The van der Waals surface area contributed by atoms with Crippen molar-refractivity contribution in [2.45, 2.75) is 38.2 Å². The zero-order chi connectivity index (χ0) is 22.3. The number of carbonyl (C=O) groups excluding carboxylic acids is 2. The molecule has 0 spiro atoms. The molecule has 1 aromatic heterocycles. The number of nitrogens with zero attached hydrogens (tertiary/aromatic N) is 3. The molecule has 170 valence electrons. The van der Waals surface area contributed by atoms with Crippen LogP contribution in [0.4, 0.5) is 5.82 Å². The van der Waals surface area contributed by atoms with Gasteiger partial charge in [0.15, 0.2) is 0 Å². The van der Waals surface area contributed by atoms with Gasteiger partial charge >= 0.3 is 0 Å². The molecule has 2 saturated heterocycles. The van der Waals surface area contributed by atoms with Gasteiger partial charge in [-0.3, -0.25) is 9.59 Å². The SMILES string of the molecule is O=C(NCCCN1CCCC1=O)c1cnc(N2CCC(Oc3ccccc3)CC2)c(Cl)c1. The van der Waals surface area contributed by atoms with Gasteiger partial charge in [-0.2, -0.15) is 0 Å². The molecule has 32 heavy (non-hydrogen) atoms. The van der Waals surface area contributed by atoms with E-state index in [1.807, 2.05) is 35.2 Å². The van der Waals surface area contributed by atoms with Crippen molar-refractivity contribution in [1.82, 2.24) is 15.2 Å². The van der Waals surface area contributed by atoms with Gasteiger partial charge < -0.3 is 19.9 Å². The average Bonchev–Trinajstić information content (AvgIpc) is 3.22. The molecule has 2 fully saturated rings. The van der Waals surface area contributed by atoms with E-state index in [2.05, 4.69) is 15.2 Å². The fourth-order valence-corrected chi connectivity index (χ4v) is 4.46. The van der Waals surface area contributed by atoms with Gasteiger partial charge in [-0.15, -0.1) is 0 Å². The molecule has 0 saturated carbocycles. The molecule has 1 N–H and O–H groups in total. The van der Waals surface area contributed by atoms with Crippen molar-refractivity contribution in [3.05, 3.63) is 53.2 Å². The van der Waals surface area contributed by atoms with Gasteiger partial charge in [0.2, 0.25) is 5.91 Å². The van der Waals surface area contributed by atoms with Crippen LogP contribution >= 0.6 is 11.6 Å². The Morgan fingerprint density at radius 2 is 1.97 bits per heavy atom. The Labute approximate surface area is 193 Å². The third kappa shape index (κ3) is 5.71. The number of ether oxygens (including phenoxy) is 1. The molecule has 0 radical (unpaired) electrons. The Balaban J connectivity index is 1.24. The quantitative estimate of drug-likeness (QED) is 0.615. The van der Waals surface area contributed by atoms with Crippen LogP contribution in [0.2, 0.25) is 5.02 Å². The first-order valence-corrected chi connectivity index (χ1v) is 11.7. The number of pyridine rings is 1. The summed E-state index contributed by atoms with van der Waals surface area (Å²) in [7, 11) is 0. The lowest BCUT2D eigenvalue weighted by Gasteiger charge is -2.33. The number of hydrogen-bond acceptors (Lipinski definition) is 5. The van der Waals surface area contributed by atoms with Crippen LogP contribution in [-0.2, 0) is 4.79 Å². The number of amides is 2. The molecule has 7 nitrogen and oxygen atoms in total. The highest BCUT2D eigenvalue weighted by atomic mass is 35.5. The number of aromatic nitrogens is 1. The summed E-state index contributed by atoms with van der Waals surface area (Å²) >= 11 is 6.48. The number of nitrogens with one attached hydrogen (secondary N) is 1.